The van der Waals surface area contributed by atoms with Crippen LogP contribution in [0.5, 0.6) is 0 Å². The summed E-state index contributed by atoms with van der Waals surface area (Å²) in [5.41, 5.74) is -1.11. The predicted octanol–water partition coefficient (Wildman–Crippen LogP) is 2.08. The molecule has 1 aromatic rings. The molecule has 0 aliphatic heterocycles. The van der Waals surface area contributed by atoms with Crippen molar-refractivity contribution < 1.29 is 26.7 Å². The van der Waals surface area contributed by atoms with E-state index in [-0.39, 0.29) is 11.3 Å². The van der Waals surface area contributed by atoms with Crippen molar-refractivity contribution in [2.45, 2.75) is 19.1 Å². The molecule has 19 heavy (non-hydrogen) atoms. The molecular weight excluding hydrogens is 278 g/mol. The Bertz CT molecular complexity index is 582. The third kappa shape index (κ3) is 3.73. The first-order valence-electron chi connectivity index (χ1n) is 5.58. The second kappa shape index (κ2) is 6.10. The van der Waals surface area contributed by atoms with Gasteiger partial charge in [0, 0.05) is 5.56 Å². The first-order valence-corrected chi connectivity index (χ1v) is 7.40. The predicted molar refractivity (Wildman–Crippen MR) is 65.5 cm³/mol. The first-order chi connectivity index (χ1) is 8.82. The smallest absolute Gasteiger partial charge is 0.343 e. The van der Waals surface area contributed by atoms with Gasteiger partial charge in [-0.15, -0.1) is 0 Å². The summed E-state index contributed by atoms with van der Waals surface area (Å²) >= 11 is 0. The molecule has 0 aromatic heterocycles. The number of hydrogen-bond acceptors (Lipinski definition) is 4. The van der Waals surface area contributed by atoms with Crippen LogP contribution < -0.4 is 0 Å². The van der Waals surface area contributed by atoms with Gasteiger partial charge in [-0.1, -0.05) is 13.0 Å². The second-order valence-corrected chi connectivity index (χ2v) is 6.16. The van der Waals surface area contributed by atoms with Crippen molar-refractivity contribution >= 4 is 15.8 Å². The molecule has 0 amide bonds. The van der Waals surface area contributed by atoms with E-state index in [1.165, 1.54) is 0 Å². The fourth-order valence-corrected chi connectivity index (χ4v) is 3.08. The Labute approximate surface area is 110 Å². The van der Waals surface area contributed by atoms with Crippen LogP contribution in [0, 0.1) is 11.6 Å². The topological polar surface area (TPSA) is 60.4 Å². The summed E-state index contributed by atoms with van der Waals surface area (Å²) in [5.74, 6) is -4.12. The van der Waals surface area contributed by atoms with Gasteiger partial charge in [-0.2, -0.15) is 0 Å². The van der Waals surface area contributed by atoms with Gasteiger partial charge in [0.05, 0.1) is 18.6 Å². The highest BCUT2D eigenvalue weighted by atomic mass is 32.2. The van der Waals surface area contributed by atoms with Gasteiger partial charge in [0.15, 0.2) is 9.84 Å². The van der Waals surface area contributed by atoms with Crippen molar-refractivity contribution in [2.24, 2.45) is 0 Å². The van der Waals surface area contributed by atoms with Crippen LogP contribution in [0.4, 0.5) is 8.78 Å². The van der Waals surface area contributed by atoms with Crippen LogP contribution in [0.3, 0.4) is 0 Å². The minimum Gasteiger partial charge on any atom is -0.465 e. The van der Waals surface area contributed by atoms with Gasteiger partial charge >= 0.3 is 5.97 Å². The lowest BCUT2D eigenvalue weighted by Crippen LogP contribution is -2.14. The second-order valence-electron chi connectivity index (χ2n) is 3.98. The van der Waals surface area contributed by atoms with Crippen LogP contribution >= 0.6 is 0 Å². The quantitative estimate of drug-likeness (QED) is 0.780. The van der Waals surface area contributed by atoms with Crippen molar-refractivity contribution in [3.63, 3.8) is 0 Å². The Morgan fingerprint density at radius 3 is 2.47 bits per heavy atom. The van der Waals surface area contributed by atoms with Crippen LogP contribution in [0.1, 0.15) is 29.3 Å². The van der Waals surface area contributed by atoms with Gasteiger partial charge in [-0.05, 0) is 12.5 Å². The van der Waals surface area contributed by atoms with Crippen LogP contribution in [0.15, 0.2) is 12.1 Å². The molecule has 7 heteroatoms. The molecule has 106 valence electrons. The van der Waals surface area contributed by atoms with Gasteiger partial charge in [0.25, 0.3) is 0 Å². The monoisotopic (exact) mass is 292 g/mol. The summed E-state index contributed by atoms with van der Waals surface area (Å²) in [7, 11) is -2.50. The van der Waals surface area contributed by atoms with Crippen molar-refractivity contribution in [1.29, 1.82) is 0 Å². The molecule has 0 fully saturated rings. The molecule has 1 aromatic carbocycles. The number of esters is 1. The van der Waals surface area contributed by atoms with Crippen molar-refractivity contribution in [3.8, 4) is 0 Å². The molecule has 1 rings (SSSR count). The van der Waals surface area contributed by atoms with Crippen LogP contribution in [-0.2, 0) is 20.3 Å². The van der Waals surface area contributed by atoms with Gasteiger partial charge in [-0.25, -0.2) is 22.0 Å². The van der Waals surface area contributed by atoms with Gasteiger partial charge < -0.3 is 4.74 Å². The molecule has 4 nitrogen and oxygen atoms in total. The normalized spacial score (nSPS) is 11.4. The number of carbonyl (C=O) groups excluding carboxylic acids is 1. The number of halogens is 2. The van der Waals surface area contributed by atoms with Crippen LogP contribution in [0.2, 0.25) is 0 Å². The van der Waals surface area contributed by atoms with Crippen LogP contribution in [-0.4, -0.2) is 27.2 Å². The molecule has 0 aliphatic rings. The number of hydrogen-bond donors (Lipinski definition) is 0. The minimum absolute atomic E-state index is 0.0998. The molecule has 0 heterocycles. The summed E-state index contributed by atoms with van der Waals surface area (Å²) in [6.07, 6.45) is 0.398. The maximum Gasteiger partial charge on any atom is 0.343 e. The molecule has 0 unspecified atom stereocenters. The Morgan fingerprint density at radius 1 is 1.32 bits per heavy atom. The molecule has 0 saturated carbocycles. The Hall–Kier alpha value is -1.50. The number of carbonyl (C=O) groups is 1. The molecule has 0 bridgehead atoms. The van der Waals surface area contributed by atoms with Crippen molar-refractivity contribution in [3.05, 3.63) is 34.9 Å². The Morgan fingerprint density at radius 2 is 1.95 bits per heavy atom. The van der Waals surface area contributed by atoms with Crippen LogP contribution in [0.25, 0.3) is 0 Å². The summed E-state index contributed by atoms with van der Waals surface area (Å²) in [5, 5.41) is 0. The van der Waals surface area contributed by atoms with E-state index in [9.17, 15) is 22.0 Å². The first kappa shape index (κ1) is 15.6. The fourth-order valence-electron chi connectivity index (χ4n) is 1.62. The van der Waals surface area contributed by atoms with E-state index in [4.69, 9.17) is 0 Å². The lowest BCUT2D eigenvalue weighted by atomic mass is 10.1. The summed E-state index contributed by atoms with van der Waals surface area (Å²) in [6.45, 7) is 1.68. The zero-order valence-electron chi connectivity index (χ0n) is 10.6. The Kier molecular flexibility index (Phi) is 4.99. The maximum atomic E-state index is 13.9. The van der Waals surface area contributed by atoms with E-state index >= 15 is 0 Å². The number of benzene rings is 1. The lowest BCUT2D eigenvalue weighted by molar-refractivity contribution is 0.0589. The minimum atomic E-state index is -3.48. The number of methoxy groups -OCH3 is 1. The van der Waals surface area contributed by atoms with E-state index in [1.807, 2.05) is 0 Å². The summed E-state index contributed by atoms with van der Waals surface area (Å²) in [4.78, 5) is 11.2. The lowest BCUT2D eigenvalue weighted by Gasteiger charge is -2.08. The van der Waals surface area contributed by atoms with Gasteiger partial charge in [0.1, 0.15) is 17.2 Å². The number of sulfone groups is 1. The van der Waals surface area contributed by atoms with Gasteiger partial charge in [0.2, 0.25) is 0 Å². The molecular formula is C12H14F2O4S. The Balaban J connectivity index is 3.22. The van der Waals surface area contributed by atoms with E-state index in [2.05, 4.69) is 4.74 Å². The zero-order chi connectivity index (χ0) is 14.6. The molecule has 0 N–H and O–H groups in total. The number of rotatable bonds is 5. The zero-order valence-corrected chi connectivity index (χ0v) is 11.4. The average Bonchev–Trinajstić information content (AvgIpc) is 2.32. The third-order valence-electron chi connectivity index (χ3n) is 2.45. The highest BCUT2D eigenvalue weighted by Gasteiger charge is 2.23. The molecule has 0 aliphatic carbocycles. The fraction of sp³-hybridized carbons (Fsp3) is 0.417. The van der Waals surface area contributed by atoms with Crippen molar-refractivity contribution in [2.75, 3.05) is 12.9 Å². The van der Waals surface area contributed by atoms with E-state index in [0.29, 0.717) is 6.42 Å². The molecule has 0 atom stereocenters. The van der Waals surface area contributed by atoms with E-state index < -0.39 is 38.8 Å². The highest BCUT2D eigenvalue weighted by molar-refractivity contribution is 7.90. The van der Waals surface area contributed by atoms with E-state index in [1.54, 1.807) is 6.92 Å². The SMILES string of the molecule is CCCS(=O)(=O)Cc1ccc(F)c(C(=O)OC)c1F. The molecule has 0 saturated heterocycles. The highest BCUT2D eigenvalue weighted by Crippen LogP contribution is 2.20. The number of ether oxygens (including phenoxy) is 1. The maximum absolute atomic E-state index is 13.9. The average molecular weight is 292 g/mol. The van der Waals surface area contributed by atoms with Gasteiger partial charge in [-0.3, -0.25) is 0 Å². The largest absolute Gasteiger partial charge is 0.465 e. The summed E-state index contributed by atoms with van der Waals surface area (Å²) in [6, 6.07) is 1.87. The molecule has 0 spiro atoms. The summed E-state index contributed by atoms with van der Waals surface area (Å²) < 4.78 is 54.8. The third-order valence-corrected chi connectivity index (χ3v) is 4.23. The van der Waals surface area contributed by atoms with Crippen molar-refractivity contribution in [1.82, 2.24) is 0 Å². The molecule has 0 radical (unpaired) electrons. The van der Waals surface area contributed by atoms with E-state index in [0.717, 1.165) is 19.2 Å². The standard InChI is InChI=1S/C12H14F2O4S/c1-3-6-19(16,17)7-8-4-5-9(13)10(11(8)14)12(15)18-2/h4-5H,3,6-7H2,1-2H3.